The molecule has 1 aromatic carbocycles. The van der Waals surface area contributed by atoms with E-state index in [9.17, 15) is 18.0 Å². The fraction of sp³-hybridized carbons (Fsp3) is 0.385. The second-order valence-corrected chi connectivity index (χ2v) is 6.84. The molecule has 1 heterocycles. The number of rotatable bonds is 3. The van der Waals surface area contributed by atoms with Crippen LogP contribution in [0.5, 0.6) is 0 Å². The number of sulfone groups is 1. The topological polar surface area (TPSA) is 92.3 Å². The zero-order chi connectivity index (χ0) is 14.8. The normalized spacial score (nSPS) is 19.2. The molecule has 1 fully saturated rings. The Labute approximate surface area is 117 Å². The van der Waals surface area contributed by atoms with Crippen molar-refractivity contribution in [3.8, 4) is 0 Å². The van der Waals surface area contributed by atoms with Crippen LogP contribution in [0.1, 0.15) is 12.8 Å². The maximum Gasteiger partial charge on any atom is 0.229 e. The minimum atomic E-state index is -3.30. The molecule has 108 valence electrons. The van der Waals surface area contributed by atoms with E-state index >= 15 is 0 Å². The summed E-state index contributed by atoms with van der Waals surface area (Å²) in [6.45, 7) is 0.316. The standard InChI is InChI=1S/C13H16N2O4S/c1-20(18,19)11-4-2-3-10(7-11)15-13(17)9-5-6-12(16)14-8-9/h2-4,7,9H,5-6,8H2,1H3,(H,14,16)(H,15,17). The fourth-order valence-electron chi connectivity index (χ4n) is 2.01. The Morgan fingerprint density at radius 2 is 2.15 bits per heavy atom. The second kappa shape index (κ2) is 5.62. The van der Waals surface area contributed by atoms with Gasteiger partial charge in [0.25, 0.3) is 0 Å². The van der Waals surface area contributed by atoms with Crippen LogP contribution >= 0.6 is 0 Å². The molecule has 0 bridgehead atoms. The van der Waals surface area contributed by atoms with Crippen molar-refractivity contribution in [2.45, 2.75) is 17.7 Å². The summed E-state index contributed by atoms with van der Waals surface area (Å²) in [6.07, 6.45) is 1.95. The van der Waals surface area contributed by atoms with Gasteiger partial charge in [0, 0.05) is 24.9 Å². The predicted octanol–water partition coefficient (Wildman–Crippen LogP) is 0.555. The molecule has 6 nitrogen and oxygen atoms in total. The smallest absolute Gasteiger partial charge is 0.229 e. The Morgan fingerprint density at radius 1 is 1.40 bits per heavy atom. The van der Waals surface area contributed by atoms with Crippen LogP contribution in [-0.4, -0.2) is 33.0 Å². The van der Waals surface area contributed by atoms with E-state index in [1.165, 1.54) is 12.1 Å². The molecule has 7 heteroatoms. The van der Waals surface area contributed by atoms with Gasteiger partial charge in [0.15, 0.2) is 9.84 Å². The number of hydrogen-bond donors (Lipinski definition) is 2. The highest BCUT2D eigenvalue weighted by Crippen LogP contribution is 2.18. The molecule has 0 spiro atoms. The van der Waals surface area contributed by atoms with Crippen LogP contribution in [0.2, 0.25) is 0 Å². The van der Waals surface area contributed by atoms with Crippen molar-refractivity contribution < 1.29 is 18.0 Å². The van der Waals surface area contributed by atoms with Crippen molar-refractivity contribution in [3.63, 3.8) is 0 Å². The third-order valence-corrected chi connectivity index (χ3v) is 4.28. The van der Waals surface area contributed by atoms with Crippen LogP contribution in [0.4, 0.5) is 5.69 Å². The van der Waals surface area contributed by atoms with Crippen LogP contribution in [0.25, 0.3) is 0 Å². The van der Waals surface area contributed by atoms with Crippen LogP contribution in [0.3, 0.4) is 0 Å². The van der Waals surface area contributed by atoms with E-state index < -0.39 is 9.84 Å². The SMILES string of the molecule is CS(=O)(=O)c1cccc(NC(=O)C2CCC(=O)NC2)c1. The molecule has 0 radical (unpaired) electrons. The van der Waals surface area contributed by atoms with Crippen LogP contribution in [0, 0.1) is 5.92 Å². The summed E-state index contributed by atoms with van der Waals surface area (Å²) in [4.78, 5) is 23.2. The maximum absolute atomic E-state index is 12.0. The van der Waals surface area contributed by atoms with E-state index in [2.05, 4.69) is 10.6 Å². The van der Waals surface area contributed by atoms with Gasteiger partial charge in [-0.2, -0.15) is 0 Å². The summed E-state index contributed by atoms with van der Waals surface area (Å²) >= 11 is 0. The number of carbonyl (C=O) groups excluding carboxylic acids is 2. The number of hydrogen-bond acceptors (Lipinski definition) is 4. The summed E-state index contributed by atoms with van der Waals surface area (Å²) in [7, 11) is -3.30. The van der Waals surface area contributed by atoms with Crippen molar-refractivity contribution in [2.75, 3.05) is 18.1 Å². The highest BCUT2D eigenvalue weighted by atomic mass is 32.2. The first-order chi connectivity index (χ1) is 9.36. The average Bonchev–Trinajstić information content (AvgIpc) is 2.38. The number of carbonyl (C=O) groups is 2. The van der Waals surface area contributed by atoms with Gasteiger partial charge in [-0.15, -0.1) is 0 Å². The van der Waals surface area contributed by atoms with E-state index in [-0.39, 0.29) is 22.6 Å². The maximum atomic E-state index is 12.0. The molecular weight excluding hydrogens is 280 g/mol. The van der Waals surface area contributed by atoms with Crippen LogP contribution in [-0.2, 0) is 19.4 Å². The molecule has 0 aliphatic carbocycles. The first-order valence-corrected chi connectivity index (χ1v) is 8.13. The van der Waals surface area contributed by atoms with Gasteiger partial charge >= 0.3 is 0 Å². The van der Waals surface area contributed by atoms with Gasteiger partial charge < -0.3 is 10.6 Å². The van der Waals surface area contributed by atoms with Gasteiger partial charge in [-0.3, -0.25) is 9.59 Å². The Bertz CT molecular complexity index is 630. The van der Waals surface area contributed by atoms with E-state index in [1.54, 1.807) is 12.1 Å². The Hall–Kier alpha value is -1.89. The van der Waals surface area contributed by atoms with Crippen molar-refractivity contribution in [2.24, 2.45) is 5.92 Å². The van der Waals surface area contributed by atoms with Crippen LogP contribution < -0.4 is 10.6 Å². The summed E-state index contributed by atoms with van der Waals surface area (Å²) in [5.74, 6) is -0.543. The highest BCUT2D eigenvalue weighted by Gasteiger charge is 2.24. The largest absolute Gasteiger partial charge is 0.355 e. The van der Waals surface area contributed by atoms with E-state index in [0.29, 0.717) is 25.1 Å². The lowest BCUT2D eigenvalue weighted by Gasteiger charge is -2.21. The van der Waals surface area contributed by atoms with Gasteiger partial charge in [-0.05, 0) is 24.6 Å². The van der Waals surface area contributed by atoms with Crippen molar-refractivity contribution in [1.82, 2.24) is 5.32 Å². The lowest BCUT2D eigenvalue weighted by atomic mass is 9.98. The molecule has 0 saturated carbocycles. The minimum absolute atomic E-state index is 0.0480. The van der Waals surface area contributed by atoms with E-state index in [1.807, 2.05) is 0 Å². The first-order valence-electron chi connectivity index (χ1n) is 6.24. The molecule has 1 unspecified atom stereocenters. The minimum Gasteiger partial charge on any atom is -0.355 e. The quantitative estimate of drug-likeness (QED) is 0.852. The molecular formula is C13H16N2O4S. The average molecular weight is 296 g/mol. The summed E-state index contributed by atoms with van der Waals surface area (Å²) < 4.78 is 22.9. The lowest BCUT2D eigenvalue weighted by molar-refractivity contribution is -0.126. The summed E-state index contributed by atoms with van der Waals surface area (Å²) in [5.41, 5.74) is 0.440. The monoisotopic (exact) mass is 296 g/mol. The third kappa shape index (κ3) is 3.57. The number of amides is 2. The zero-order valence-electron chi connectivity index (χ0n) is 11.0. The molecule has 1 saturated heterocycles. The lowest BCUT2D eigenvalue weighted by Crippen LogP contribution is -2.40. The number of benzene rings is 1. The Morgan fingerprint density at radius 3 is 2.75 bits per heavy atom. The van der Waals surface area contributed by atoms with Gasteiger partial charge in [0.05, 0.1) is 10.8 Å². The fourth-order valence-corrected chi connectivity index (χ4v) is 2.67. The van der Waals surface area contributed by atoms with Gasteiger partial charge in [-0.25, -0.2) is 8.42 Å². The molecule has 2 rings (SSSR count). The third-order valence-electron chi connectivity index (χ3n) is 3.17. The molecule has 2 N–H and O–H groups in total. The van der Waals surface area contributed by atoms with Gasteiger partial charge in [0.1, 0.15) is 0 Å². The van der Waals surface area contributed by atoms with Crippen molar-refractivity contribution in [3.05, 3.63) is 24.3 Å². The zero-order valence-corrected chi connectivity index (χ0v) is 11.9. The van der Waals surface area contributed by atoms with E-state index in [0.717, 1.165) is 6.26 Å². The summed E-state index contributed by atoms with van der Waals surface area (Å²) in [5, 5.41) is 5.32. The van der Waals surface area contributed by atoms with Crippen LogP contribution in [0.15, 0.2) is 29.2 Å². The summed E-state index contributed by atoms with van der Waals surface area (Å²) in [6, 6.07) is 6.11. The second-order valence-electron chi connectivity index (χ2n) is 4.83. The molecule has 1 atom stereocenters. The number of piperidine rings is 1. The van der Waals surface area contributed by atoms with Crippen molar-refractivity contribution in [1.29, 1.82) is 0 Å². The molecule has 2 amide bonds. The first kappa shape index (κ1) is 14.5. The van der Waals surface area contributed by atoms with Crippen molar-refractivity contribution >= 4 is 27.3 Å². The Kier molecular flexibility index (Phi) is 4.08. The van der Waals surface area contributed by atoms with Gasteiger partial charge in [0.2, 0.25) is 11.8 Å². The molecule has 20 heavy (non-hydrogen) atoms. The Balaban J connectivity index is 2.06. The van der Waals surface area contributed by atoms with Gasteiger partial charge in [-0.1, -0.05) is 6.07 Å². The number of anilines is 1. The molecule has 1 aliphatic rings. The predicted molar refractivity (Wildman–Crippen MR) is 73.9 cm³/mol. The molecule has 1 aliphatic heterocycles. The molecule has 0 aromatic heterocycles. The highest BCUT2D eigenvalue weighted by molar-refractivity contribution is 7.90. The number of nitrogens with one attached hydrogen (secondary N) is 2. The molecule has 1 aromatic rings. The van der Waals surface area contributed by atoms with E-state index in [4.69, 9.17) is 0 Å².